The van der Waals surface area contributed by atoms with E-state index < -0.39 is 0 Å². The lowest BCUT2D eigenvalue weighted by molar-refractivity contribution is 0.482. The Morgan fingerprint density at radius 2 is 1.61 bits per heavy atom. The molecule has 0 heterocycles. The van der Waals surface area contributed by atoms with Crippen LogP contribution in [0.3, 0.4) is 0 Å². The van der Waals surface area contributed by atoms with Crippen molar-refractivity contribution in [3.8, 4) is 17.6 Å². The standard InChI is InChI=1S/C16H13NO/c1-13(12-17)11-14-7-9-16(10-8-14)18-15-5-3-2-4-6-15/h2-11H,1H3. The van der Waals surface area contributed by atoms with Crippen molar-refractivity contribution in [3.05, 3.63) is 65.7 Å². The van der Waals surface area contributed by atoms with Crippen LogP contribution < -0.4 is 4.74 Å². The van der Waals surface area contributed by atoms with Crippen molar-refractivity contribution < 1.29 is 4.74 Å². The first-order valence-electron chi connectivity index (χ1n) is 5.69. The van der Waals surface area contributed by atoms with Crippen LogP contribution in [0.1, 0.15) is 12.5 Å². The van der Waals surface area contributed by atoms with E-state index in [1.54, 1.807) is 6.92 Å². The molecular formula is C16H13NO. The van der Waals surface area contributed by atoms with Crippen molar-refractivity contribution in [2.75, 3.05) is 0 Å². The number of ether oxygens (including phenoxy) is 1. The topological polar surface area (TPSA) is 33.0 Å². The molecule has 0 bridgehead atoms. The molecule has 0 unspecified atom stereocenters. The molecular weight excluding hydrogens is 222 g/mol. The summed E-state index contributed by atoms with van der Waals surface area (Å²) in [6.07, 6.45) is 1.84. The molecule has 2 heteroatoms. The smallest absolute Gasteiger partial charge is 0.127 e. The van der Waals surface area contributed by atoms with Crippen LogP contribution >= 0.6 is 0 Å². The summed E-state index contributed by atoms with van der Waals surface area (Å²) in [4.78, 5) is 0. The van der Waals surface area contributed by atoms with Crippen molar-refractivity contribution in [3.63, 3.8) is 0 Å². The molecule has 0 saturated carbocycles. The zero-order valence-electron chi connectivity index (χ0n) is 10.1. The van der Waals surface area contributed by atoms with Crippen molar-refractivity contribution in [2.24, 2.45) is 0 Å². The number of hydrogen-bond donors (Lipinski definition) is 0. The molecule has 0 saturated heterocycles. The molecule has 2 aromatic rings. The Bertz CT molecular complexity index is 577. The lowest BCUT2D eigenvalue weighted by Gasteiger charge is -2.05. The van der Waals surface area contributed by atoms with Crippen LogP contribution in [0.25, 0.3) is 6.08 Å². The summed E-state index contributed by atoms with van der Waals surface area (Å²) in [6, 6.07) is 19.4. The predicted octanol–water partition coefficient (Wildman–Crippen LogP) is 4.41. The van der Waals surface area contributed by atoms with E-state index in [0.29, 0.717) is 5.57 Å². The van der Waals surface area contributed by atoms with E-state index in [9.17, 15) is 0 Å². The molecule has 0 aliphatic heterocycles. The quantitative estimate of drug-likeness (QED) is 0.738. The molecule has 0 fully saturated rings. The highest BCUT2D eigenvalue weighted by atomic mass is 16.5. The minimum absolute atomic E-state index is 0.687. The maximum absolute atomic E-state index is 8.70. The second-order valence-electron chi connectivity index (χ2n) is 3.92. The molecule has 18 heavy (non-hydrogen) atoms. The van der Waals surface area contributed by atoms with Gasteiger partial charge in [-0.25, -0.2) is 0 Å². The number of benzene rings is 2. The van der Waals surface area contributed by atoms with Gasteiger partial charge in [0.25, 0.3) is 0 Å². The number of nitrogens with zero attached hydrogens (tertiary/aromatic N) is 1. The summed E-state index contributed by atoms with van der Waals surface area (Å²) < 4.78 is 5.68. The minimum atomic E-state index is 0.687. The number of rotatable bonds is 3. The lowest BCUT2D eigenvalue weighted by atomic mass is 10.1. The van der Waals surface area contributed by atoms with Gasteiger partial charge in [0.1, 0.15) is 11.5 Å². The van der Waals surface area contributed by atoms with E-state index in [1.807, 2.05) is 60.7 Å². The van der Waals surface area contributed by atoms with Gasteiger partial charge in [0.2, 0.25) is 0 Å². The van der Waals surface area contributed by atoms with Crippen LogP contribution in [-0.4, -0.2) is 0 Å². The van der Waals surface area contributed by atoms with Gasteiger partial charge in [0, 0.05) is 5.57 Å². The largest absolute Gasteiger partial charge is 0.457 e. The molecule has 0 atom stereocenters. The Morgan fingerprint density at radius 1 is 1.00 bits per heavy atom. The van der Waals surface area contributed by atoms with Gasteiger partial charge in [-0.05, 0) is 42.8 Å². The summed E-state index contributed by atoms with van der Waals surface area (Å²) >= 11 is 0. The molecule has 2 rings (SSSR count). The molecule has 0 spiro atoms. The van der Waals surface area contributed by atoms with Gasteiger partial charge in [0.15, 0.2) is 0 Å². The summed E-state index contributed by atoms with van der Waals surface area (Å²) in [6.45, 7) is 1.79. The SMILES string of the molecule is CC(C#N)=Cc1ccc(Oc2ccccc2)cc1. The summed E-state index contributed by atoms with van der Waals surface area (Å²) in [7, 11) is 0. The number of nitriles is 1. The van der Waals surface area contributed by atoms with E-state index in [0.717, 1.165) is 17.1 Å². The third-order valence-corrected chi connectivity index (χ3v) is 2.42. The molecule has 2 aromatic carbocycles. The van der Waals surface area contributed by atoms with Crippen molar-refractivity contribution in [1.29, 1.82) is 5.26 Å². The van der Waals surface area contributed by atoms with Gasteiger partial charge in [-0.2, -0.15) is 5.26 Å². The Morgan fingerprint density at radius 3 is 2.22 bits per heavy atom. The van der Waals surface area contributed by atoms with Crippen LogP contribution in [-0.2, 0) is 0 Å². The molecule has 0 amide bonds. The van der Waals surface area contributed by atoms with E-state index in [2.05, 4.69) is 6.07 Å². The Kier molecular flexibility index (Phi) is 3.78. The molecule has 0 N–H and O–H groups in total. The monoisotopic (exact) mass is 235 g/mol. The highest BCUT2D eigenvalue weighted by Crippen LogP contribution is 2.21. The van der Waals surface area contributed by atoms with Crippen LogP contribution in [0.4, 0.5) is 0 Å². The molecule has 88 valence electrons. The number of para-hydroxylation sites is 1. The van der Waals surface area contributed by atoms with Crippen LogP contribution in [0.15, 0.2) is 60.2 Å². The lowest BCUT2D eigenvalue weighted by Crippen LogP contribution is -1.83. The fraction of sp³-hybridized carbons (Fsp3) is 0.0625. The fourth-order valence-corrected chi connectivity index (χ4v) is 1.54. The van der Waals surface area contributed by atoms with E-state index in [4.69, 9.17) is 10.00 Å². The maximum atomic E-state index is 8.70. The first-order chi connectivity index (χ1) is 8.78. The van der Waals surface area contributed by atoms with E-state index in [-0.39, 0.29) is 0 Å². The zero-order chi connectivity index (χ0) is 12.8. The first-order valence-corrected chi connectivity index (χ1v) is 5.69. The van der Waals surface area contributed by atoms with Crippen molar-refractivity contribution in [2.45, 2.75) is 6.92 Å². The molecule has 0 aromatic heterocycles. The third kappa shape index (κ3) is 3.23. The highest BCUT2D eigenvalue weighted by Gasteiger charge is 1.96. The summed E-state index contributed by atoms with van der Waals surface area (Å²) in [5.41, 5.74) is 1.68. The van der Waals surface area contributed by atoms with Gasteiger partial charge in [0.05, 0.1) is 6.07 Å². The molecule has 0 aliphatic rings. The Hall–Kier alpha value is -2.53. The van der Waals surface area contributed by atoms with Crippen LogP contribution in [0.5, 0.6) is 11.5 Å². The summed E-state index contributed by atoms with van der Waals surface area (Å²) in [5.74, 6) is 1.60. The number of allylic oxidation sites excluding steroid dienone is 1. The second-order valence-corrected chi connectivity index (χ2v) is 3.92. The second kappa shape index (κ2) is 5.70. The molecule has 0 aliphatic carbocycles. The molecule has 0 radical (unpaired) electrons. The Labute approximate surface area is 107 Å². The average molecular weight is 235 g/mol. The third-order valence-electron chi connectivity index (χ3n) is 2.42. The molecule has 2 nitrogen and oxygen atoms in total. The average Bonchev–Trinajstić information content (AvgIpc) is 2.42. The minimum Gasteiger partial charge on any atom is -0.457 e. The first kappa shape index (κ1) is 11.9. The Balaban J connectivity index is 2.12. The van der Waals surface area contributed by atoms with Crippen LogP contribution in [0.2, 0.25) is 0 Å². The van der Waals surface area contributed by atoms with Gasteiger partial charge >= 0.3 is 0 Å². The highest BCUT2D eigenvalue weighted by molar-refractivity contribution is 5.57. The van der Waals surface area contributed by atoms with Crippen molar-refractivity contribution in [1.82, 2.24) is 0 Å². The van der Waals surface area contributed by atoms with E-state index >= 15 is 0 Å². The van der Waals surface area contributed by atoms with Gasteiger partial charge in [-0.3, -0.25) is 0 Å². The maximum Gasteiger partial charge on any atom is 0.127 e. The fourth-order valence-electron chi connectivity index (χ4n) is 1.54. The summed E-state index contributed by atoms with van der Waals surface area (Å²) in [5, 5.41) is 8.70. The number of hydrogen-bond acceptors (Lipinski definition) is 2. The zero-order valence-corrected chi connectivity index (χ0v) is 10.1. The van der Waals surface area contributed by atoms with Gasteiger partial charge < -0.3 is 4.74 Å². The predicted molar refractivity (Wildman–Crippen MR) is 72.2 cm³/mol. The van der Waals surface area contributed by atoms with E-state index in [1.165, 1.54) is 0 Å². The van der Waals surface area contributed by atoms with Crippen molar-refractivity contribution >= 4 is 6.08 Å². The van der Waals surface area contributed by atoms with Gasteiger partial charge in [-0.1, -0.05) is 30.3 Å². The van der Waals surface area contributed by atoms with Crippen LogP contribution in [0, 0.1) is 11.3 Å². The van der Waals surface area contributed by atoms with Gasteiger partial charge in [-0.15, -0.1) is 0 Å². The normalized spacial score (nSPS) is 10.8.